The van der Waals surface area contributed by atoms with Gasteiger partial charge >= 0.3 is 0 Å². The molecule has 0 spiro atoms. The van der Waals surface area contributed by atoms with Crippen molar-refractivity contribution in [1.29, 1.82) is 0 Å². The lowest BCUT2D eigenvalue weighted by atomic mass is 9.60. The summed E-state index contributed by atoms with van der Waals surface area (Å²) >= 11 is 3.67. The Morgan fingerprint density at radius 3 is 0.676 bits per heavy atom. The maximum absolute atomic E-state index is 6.32. The van der Waals surface area contributed by atoms with Gasteiger partial charge in [-0.2, -0.15) is 0 Å². The van der Waals surface area contributed by atoms with Crippen molar-refractivity contribution in [3.8, 4) is 57.5 Å². The molecule has 0 atom stereocenters. The predicted octanol–water partition coefficient (Wildman–Crippen LogP) is 31.7. The maximum atomic E-state index is 6.32. The molecule has 660 valence electrons. The topological polar surface area (TPSA) is 83.1 Å². The Kier molecular flexibility index (Phi) is 25.6. The molecule has 3 heterocycles. The molecule has 0 bridgehead atoms. The van der Waals surface area contributed by atoms with Gasteiger partial charge in [0.2, 0.25) is 0 Å². The van der Waals surface area contributed by atoms with E-state index in [0.29, 0.717) is 0 Å². The zero-order valence-corrected chi connectivity index (χ0v) is 76.4. The van der Waals surface area contributed by atoms with Gasteiger partial charge in [0.25, 0.3) is 0 Å². The van der Waals surface area contributed by atoms with Crippen LogP contribution in [0.25, 0.3) is 21.5 Å². The minimum absolute atomic E-state index is 0.454. The van der Waals surface area contributed by atoms with E-state index in [1.807, 2.05) is 133 Å². The fourth-order valence-electron chi connectivity index (χ4n) is 20.1. The van der Waals surface area contributed by atoms with Crippen LogP contribution in [0.2, 0.25) is 0 Å². The number of hydrogen-bond donors (Lipinski definition) is 0. The summed E-state index contributed by atoms with van der Waals surface area (Å²) in [6.45, 7) is 29.4. The first kappa shape index (κ1) is 88.6. The molecule has 22 rings (SSSR count). The van der Waals surface area contributed by atoms with Gasteiger partial charge < -0.3 is 42.6 Å². The standard InChI is InChI=1S/C37H26O2S.C30H24O2.C29H22O3.C29H22O2S/c1-3-38-31-19-15-25-21-29(17-13-27(25)23-31)37(30-18-14-28-24-32(39-4-2)20-16-26(28)22-30)33-9-5-7-11-35(33)40-36-12-8-6-10-34(36)37;1-3-31-26-17-13-24(14-18-26)30(25-15-19-27(20-16-25)32-4-2)28-11-7-5-9-22(28)21-23-10-6-8-12-29(23)30;2*1-3-30-23-17-13-21(14-18-23)29(22-15-19-24(20-16-22)31-4-2)25-9-5-7-11-27(25)32-28-12-8-6-10-26(28)29/h3-24H,1-2H2;3-20H,1-2,21H2;2*3-20H,1-2H2. The quantitative estimate of drug-likeness (QED) is 0.0543. The van der Waals surface area contributed by atoms with Gasteiger partial charge in [-0.05, 0) is 263 Å². The summed E-state index contributed by atoms with van der Waals surface area (Å²) in [6.07, 6.45) is 12.5. The summed E-state index contributed by atoms with van der Waals surface area (Å²) in [5.74, 6) is 7.78. The van der Waals surface area contributed by atoms with Crippen LogP contribution in [-0.4, -0.2) is 0 Å². The van der Waals surface area contributed by atoms with E-state index in [0.717, 1.165) is 108 Å². The minimum atomic E-state index is -0.579. The van der Waals surface area contributed by atoms with Crippen molar-refractivity contribution < 1.29 is 42.6 Å². The molecule has 18 aromatic rings. The first-order chi connectivity index (χ1) is 67.0. The molecule has 0 radical (unpaired) electrons. The van der Waals surface area contributed by atoms with Gasteiger partial charge in [-0.1, -0.05) is 343 Å². The van der Waals surface area contributed by atoms with Crippen LogP contribution in [0.5, 0.6) is 57.5 Å². The lowest BCUT2D eigenvalue weighted by Crippen LogP contribution is -2.36. The Bertz CT molecular complexity index is 6600. The zero-order valence-electron chi connectivity index (χ0n) is 74.7. The van der Waals surface area contributed by atoms with Gasteiger partial charge in [-0.15, -0.1) is 0 Å². The van der Waals surface area contributed by atoms with Crippen molar-refractivity contribution in [2.24, 2.45) is 0 Å². The second-order valence-electron chi connectivity index (χ2n) is 32.6. The lowest BCUT2D eigenvalue weighted by Gasteiger charge is -2.42. The zero-order chi connectivity index (χ0) is 93.0. The van der Waals surface area contributed by atoms with Crippen LogP contribution in [0, 0.1) is 0 Å². The van der Waals surface area contributed by atoms with E-state index in [9.17, 15) is 0 Å². The third-order valence-electron chi connectivity index (χ3n) is 25.6. The Morgan fingerprint density at radius 1 is 0.191 bits per heavy atom. The molecule has 0 fully saturated rings. The van der Waals surface area contributed by atoms with E-state index in [2.05, 4.69) is 356 Å². The van der Waals surface area contributed by atoms with Crippen LogP contribution >= 0.6 is 23.5 Å². The van der Waals surface area contributed by atoms with Crippen molar-refractivity contribution >= 4 is 45.1 Å². The van der Waals surface area contributed by atoms with Crippen molar-refractivity contribution in [2.75, 3.05) is 0 Å². The third-order valence-corrected chi connectivity index (χ3v) is 27.9. The summed E-state index contributed by atoms with van der Waals surface area (Å²) in [7, 11) is 0. The molecule has 9 nitrogen and oxygen atoms in total. The normalized spacial score (nSPS) is 13.3. The van der Waals surface area contributed by atoms with Crippen molar-refractivity contribution in [3.63, 3.8) is 0 Å². The summed E-state index contributed by atoms with van der Waals surface area (Å²) in [4.78, 5) is 5.05. The molecule has 0 N–H and O–H groups in total. The van der Waals surface area contributed by atoms with Crippen LogP contribution in [0.15, 0.2) is 535 Å². The first-order valence-corrected chi connectivity index (χ1v) is 46.3. The van der Waals surface area contributed by atoms with E-state index >= 15 is 0 Å². The van der Waals surface area contributed by atoms with Crippen LogP contribution in [-0.2, 0) is 28.1 Å². The molecule has 11 heteroatoms. The Morgan fingerprint density at radius 2 is 0.390 bits per heavy atom. The Labute approximate surface area is 802 Å². The van der Waals surface area contributed by atoms with Crippen molar-refractivity contribution in [2.45, 2.75) is 47.7 Å². The van der Waals surface area contributed by atoms with Gasteiger partial charge in [0.15, 0.2) is 0 Å². The SMILES string of the molecule is C=COc1ccc(C2(c3ccc(OC=C)cc3)c3ccccc3Cc3ccccc32)cc1.C=COc1ccc(C2(c3ccc(OC=C)cc3)c3ccccc3Oc3ccccc32)cc1.C=COc1ccc(C2(c3ccc(OC=C)cc3)c3ccccc3Sc3ccccc32)cc1.C=COc1ccc2cc(C3(c4ccc5cc(OC=C)ccc5c4)c4ccccc4Sc4ccccc43)ccc2c1. The summed E-state index contributed by atoms with van der Waals surface area (Å²) in [5, 5.41) is 4.57. The smallest absolute Gasteiger partial charge is 0.132 e. The van der Waals surface area contributed by atoms with Crippen LogP contribution in [0.1, 0.15) is 100 Å². The predicted molar refractivity (Wildman–Crippen MR) is 552 cm³/mol. The fourth-order valence-corrected chi connectivity index (χ4v) is 22.5. The van der Waals surface area contributed by atoms with Crippen LogP contribution in [0.4, 0.5) is 0 Å². The van der Waals surface area contributed by atoms with E-state index in [4.69, 9.17) is 42.6 Å². The maximum Gasteiger partial charge on any atom is 0.132 e. The van der Waals surface area contributed by atoms with Crippen LogP contribution in [0.3, 0.4) is 0 Å². The number of fused-ring (bicyclic) bond motifs is 10. The molecule has 1 aliphatic carbocycles. The summed E-state index contributed by atoms with van der Waals surface area (Å²) in [6, 6.07) is 144. The fraction of sp³-hybridized carbons (Fsp3) is 0.0400. The summed E-state index contributed by atoms with van der Waals surface area (Å²) < 4.78 is 50.4. The van der Waals surface area contributed by atoms with Gasteiger partial charge in [-0.25, -0.2) is 0 Å². The number of ether oxygens (including phenoxy) is 9. The van der Waals surface area contributed by atoms with E-state index in [-0.39, 0.29) is 0 Å². The molecule has 4 aliphatic rings. The van der Waals surface area contributed by atoms with E-state index in [1.54, 1.807) is 0 Å². The van der Waals surface area contributed by atoms with E-state index < -0.39 is 21.7 Å². The summed E-state index contributed by atoms with van der Waals surface area (Å²) in [5.41, 5.74) is 19.9. The average molecular weight is 1800 g/mol. The average Bonchev–Trinajstić information content (AvgIpc) is 0.716. The van der Waals surface area contributed by atoms with Gasteiger partial charge in [0.1, 0.15) is 57.5 Å². The monoisotopic (exact) mass is 1800 g/mol. The van der Waals surface area contributed by atoms with Gasteiger partial charge in [0, 0.05) is 30.7 Å². The highest BCUT2D eigenvalue weighted by atomic mass is 32.2. The third kappa shape index (κ3) is 16.4. The highest BCUT2D eigenvalue weighted by Gasteiger charge is 2.49. The first-order valence-electron chi connectivity index (χ1n) is 44.7. The highest BCUT2D eigenvalue weighted by Crippen LogP contribution is 2.61. The van der Waals surface area contributed by atoms with Gasteiger partial charge in [-0.3, -0.25) is 0 Å². The van der Waals surface area contributed by atoms with Crippen LogP contribution < -0.4 is 42.6 Å². The molecule has 0 aromatic heterocycles. The number of hydrogen-bond acceptors (Lipinski definition) is 11. The molecular formula is C125H94O9S2. The molecular weight excluding hydrogens is 1710 g/mol. The highest BCUT2D eigenvalue weighted by molar-refractivity contribution is 7.99. The second-order valence-corrected chi connectivity index (χ2v) is 34.8. The second kappa shape index (κ2) is 39.4. The Hall–Kier alpha value is -16.7. The van der Waals surface area contributed by atoms with Crippen molar-refractivity contribution in [1.82, 2.24) is 0 Å². The minimum Gasteiger partial charge on any atom is -0.466 e. The number of benzene rings is 18. The van der Waals surface area contributed by atoms with Crippen molar-refractivity contribution in [3.05, 3.63) is 615 Å². The molecule has 0 saturated heterocycles. The number of rotatable bonds is 24. The lowest BCUT2D eigenvalue weighted by molar-refractivity contribution is 0.434. The molecule has 0 saturated carbocycles. The molecule has 0 amide bonds. The largest absolute Gasteiger partial charge is 0.466 e. The number of para-hydroxylation sites is 2. The molecule has 0 unspecified atom stereocenters. The van der Waals surface area contributed by atoms with Gasteiger partial charge in [0.05, 0.1) is 71.8 Å². The molecule has 136 heavy (non-hydrogen) atoms. The molecule has 3 aliphatic heterocycles. The van der Waals surface area contributed by atoms with E-state index in [1.165, 1.54) is 148 Å². The Balaban J connectivity index is 0.000000117. The molecule has 18 aromatic carbocycles.